The SMILES string of the molecule is CC1(C)CC(=O)c2cc(-c3ccc(Br)cc3)n(-c3ccc(Cl)cc3Cl)c2C1. The fraction of sp³-hybridized carbons (Fsp3) is 0.227. The van der Waals surface area contributed by atoms with Gasteiger partial charge in [0, 0.05) is 27.2 Å². The number of hydrogen-bond acceptors (Lipinski definition) is 1. The largest absolute Gasteiger partial charge is 0.311 e. The van der Waals surface area contributed by atoms with Gasteiger partial charge in [0.1, 0.15) is 0 Å². The number of carbonyl (C=O) groups excluding carboxylic acids is 1. The highest BCUT2D eigenvalue weighted by atomic mass is 79.9. The van der Waals surface area contributed by atoms with Crippen LogP contribution in [0.2, 0.25) is 10.0 Å². The van der Waals surface area contributed by atoms with Gasteiger partial charge in [-0.1, -0.05) is 65.1 Å². The first kappa shape index (κ1) is 18.8. The van der Waals surface area contributed by atoms with E-state index in [2.05, 4.69) is 34.3 Å². The van der Waals surface area contributed by atoms with Gasteiger partial charge in [0.2, 0.25) is 0 Å². The molecule has 0 radical (unpaired) electrons. The summed E-state index contributed by atoms with van der Waals surface area (Å²) in [6.07, 6.45) is 1.36. The lowest BCUT2D eigenvalue weighted by atomic mass is 9.76. The van der Waals surface area contributed by atoms with Gasteiger partial charge < -0.3 is 4.57 Å². The molecule has 0 atom stereocenters. The van der Waals surface area contributed by atoms with Crippen molar-refractivity contribution in [3.05, 3.63) is 74.3 Å². The molecule has 3 aromatic rings. The molecule has 2 aromatic carbocycles. The Kier molecular flexibility index (Phi) is 4.74. The van der Waals surface area contributed by atoms with Crippen molar-refractivity contribution in [2.24, 2.45) is 5.41 Å². The van der Waals surface area contributed by atoms with Crippen molar-refractivity contribution in [1.29, 1.82) is 0 Å². The van der Waals surface area contributed by atoms with E-state index >= 15 is 0 Å². The summed E-state index contributed by atoms with van der Waals surface area (Å²) in [4.78, 5) is 12.8. The average molecular weight is 463 g/mol. The van der Waals surface area contributed by atoms with E-state index in [0.29, 0.717) is 16.5 Å². The van der Waals surface area contributed by atoms with E-state index in [0.717, 1.165) is 39.1 Å². The van der Waals surface area contributed by atoms with Crippen LogP contribution >= 0.6 is 39.1 Å². The Bertz CT molecular complexity index is 1050. The lowest BCUT2D eigenvalue weighted by Gasteiger charge is -2.30. The standard InChI is InChI=1S/C22H18BrCl2NO/c1-22(2)11-20-16(21(27)12-22)10-19(13-3-5-14(23)6-4-13)26(20)18-8-7-15(24)9-17(18)25/h3-10H,11-12H2,1-2H3. The van der Waals surface area contributed by atoms with Crippen molar-refractivity contribution in [3.8, 4) is 16.9 Å². The lowest BCUT2D eigenvalue weighted by Crippen LogP contribution is -2.27. The third kappa shape index (κ3) is 3.49. The van der Waals surface area contributed by atoms with Crippen molar-refractivity contribution in [3.63, 3.8) is 0 Å². The maximum atomic E-state index is 12.8. The molecular formula is C22H18BrCl2NO. The molecule has 0 spiro atoms. The summed E-state index contributed by atoms with van der Waals surface area (Å²) in [6.45, 7) is 4.27. The summed E-state index contributed by atoms with van der Waals surface area (Å²) in [5.41, 5.74) is 4.55. The number of rotatable bonds is 2. The van der Waals surface area contributed by atoms with Gasteiger partial charge in [0.25, 0.3) is 0 Å². The molecule has 5 heteroatoms. The third-order valence-electron chi connectivity index (χ3n) is 4.98. The first-order valence-electron chi connectivity index (χ1n) is 8.74. The Labute approximate surface area is 177 Å². The minimum Gasteiger partial charge on any atom is -0.311 e. The summed E-state index contributed by atoms with van der Waals surface area (Å²) in [5.74, 6) is 0.184. The summed E-state index contributed by atoms with van der Waals surface area (Å²) in [6, 6.07) is 15.6. The van der Waals surface area contributed by atoms with Gasteiger partial charge in [0.15, 0.2) is 5.78 Å². The van der Waals surface area contributed by atoms with Crippen molar-refractivity contribution in [2.75, 3.05) is 0 Å². The number of ketones is 1. The zero-order valence-corrected chi connectivity index (χ0v) is 18.1. The molecule has 1 aliphatic carbocycles. The molecule has 1 aliphatic rings. The number of fused-ring (bicyclic) bond motifs is 1. The molecule has 138 valence electrons. The predicted octanol–water partition coefficient (Wildman–Crippen LogP) is 7.37. The van der Waals surface area contributed by atoms with Crippen molar-refractivity contribution >= 4 is 44.9 Å². The molecule has 0 amide bonds. The highest BCUT2D eigenvalue weighted by Crippen LogP contribution is 2.41. The molecule has 0 saturated carbocycles. The smallest absolute Gasteiger partial charge is 0.165 e. The Morgan fingerprint density at radius 1 is 1.00 bits per heavy atom. The number of nitrogens with zero attached hydrogens (tertiary/aromatic N) is 1. The number of Topliss-reactive ketones (excluding diaryl/α,β-unsaturated/α-hetero) is 1. The summed E-state index contributed by atoms with van der Waals surface area (Å²) >= 11 is 16.2. The van der Waals surface area contributed by atoms with Crippen LogP contribution in [0.25, 0.3) is 16.9 Å². The lowest BCUT2D eigenvalue weighted by molar-refractivity contribution is 0.0911. The monoisotopic (exact) mass is 461 g/mol. The molecule has 0 saturated heterocycles. The predicted molar refractivity (Wildman–Crippen MR) is 115 cm³/mol. The molecule has 0 bridgehead atoms. The highest BCUT2D eigenvalue weighted by molar-refractivity contribution is 9.10. The molecule has 0 aliphatic heterocycles. The van der Waals surface area contributed by atoms with Gasteiger partial charge in [0.05, 0.1) is 16.4 Å². The molecule has 27 heavy (non-hydrogen) atoms. The second-order valence-corrected chi connectivity index (χ2v) is 9.53. The molecule has 2 nitrogen and oxygen atoms in total. The maximum absolute atomic E-state index is 12.8. The van der Waals surface area contributed by atoms with Crippen LogP contribution in [0.1, 0.15) is 36.3 Å². The number of carbonyl (C=O) groups is 1. The molecule has 1 heterocycles. The summed E-state index contributed by atoms with van der Waals surface area (Å²) in [7, 11) is 0. The Morgan fingerprint density at radius 3 is 2.37 bits per heavy atom. The van der Waals surface area contributed by atoms with Gasteiger partial charge in [-0.15, -0.1) is 0 Å². The Morgan fingerprint density at radius 2 is 1.70 bits per heavy atom. The average Bonchev–Trinajstić information content (AvgIpc) is 2.94. The zero-order valence-electron chi connectivity index (χ0n) is 15.0. The van der Waals surface area contributed by atoms with E-state index in [1.807, 2.05) is 42.5 Å². The minimum absolute atomic E-state index is 0.0872. The van der Waals surface area contributed by atoms with E-state index in [-0.39, 0.29) is 11.2 Å². The third-order valence-corrected chi connectivity index (χ3v) is 6.05. The van der Waals surface area contributed by atoms with E-state index in [1.165, 1.54) is 0 Å². The van der Waals surface area contributed by atoms with Crippen LogP contribution in [-0.4, -0.2) is 10.4 Å². The van der Waals surface area contributed by atoms with Crippen LogP contribution in [-0.2, 0) is 6.42 Å². The van der Waals surface area contributed by atoms with Crippen molar-refractivity contribution in [1.82, 2.24) is 4.57 Å². The maximum Gasteiger partial charge on any atom is 0.165 e. The summed E-state index contributed by atoms with van der Waals surface area (Å²) in [5, 5.41) is 1.15. The van der Waals surface area contributed by atoms with Crippen LogP contribution in [0.5, 0.6) is 0 Å². The fourth-order valence-corrected chi connectivity index (χ4v) is 4.54. The number of benzene rings is 2. The van der Waals surface area contributed by atoms with Gasteiger partial charge in [-0.05, 0) is 53.8 Å². The second-order valence-electron chi connectivity index (χ2n) is 7.77. The van der Waals surface area contributed by atoms with Gasteiger partial charge in [-0.3, -0.25) is 4.79 Å². The first-order valence-corrected chi connectivity index (χ1v) is 10.3. The van der Waals surface area contributed by atoms with Crippen molar-refractivity contribution < 1.29 is 4.79 Å². The fourth-order valence-electron chi connectivity index (χ4n) is 3.78. The minimum atomic E-state index is -0.0872. The Hall–Kier alpha value is -1.55. The molecule has 0 unspecified atom stereocenters. The Balaban J connectivity index is 2.02. The quantitative estimate of drug-likeness (QED) is 0.389. The van der Waals surface area contributed by atoms with E-state index < -0.39 is 0 Å². The van der Waals surface area contributed by atoms with E-state index in [4.69, 9.17) is 23.2 Å². The molecule has 0 N–H and O–H groups in total. The number of aromatic nitrogens is 1. The number of hydrogen-bond donors (Lipinski definition) is 0. The normalized spacial score (nSPS) is 15.7. The van der Waals surface area contributed by atoms with Crippen molar-refractivity contribution in [2.45, 2.75) is 26.7 Å². The van der Waals surface area contributed by atoms with Gasteiger partial charge >= 0.3 is 0 Å². The molecule has 1 aromatic heterocycles. The van der Waals surface area contributed by atoms with Crippen LogP contribution in [0.3, 0.4) is 0 Å². The topological polar surface area (TPSA) is 22.0 Å². The van der Waals surface area contributed by atoms with Crippen LogP contribution in [0.15, 0.2) is 53.0 Å². The second kappa shape index (κ2) is 6.80. The molecule has 0 fully saturated rings. The van der Waals surface area contributed by atoms with Crippen LogP contribution in [0.4, 0.5) is 0 Å². The van der Waals surface area contributed by atoms with Crippen LogP contribution < -0.4 is 0 Å². The highest BCUT2D eigenvalue weighted by Gasteiger charge is 2.35. The van der Waals surface area contributed by atoms with E-state index in [1.54, 1.807) is 6.07 Å². The van der Waals surface area contributed by atoms with Crippen LogP contribution in [0, 0.1) is 5.41 Å². The number of halogens is 3. The van der Waals surface area contributed by atoms with E-state index in [9.17, 15) is 4.79 Å². The first-order chi connectivity index (χ1) is 12.7. The summed E-state index contributed by atoms with van der Waals surface area (Å²) < 4.78 is 3.13. The molecule has 4 rings (SSSR count). The molecular weight excluding hydrogens is 445 g/mol. The van der Waals surface area contributed by atoms with Gasteiger partial charge in [-0.25, -0.2) is 0 Å². The van der Waals surface area contributed by atoms with Gasteiger partial charge in [-0.2, -0.15) is 0 Å². The zero-order chi connectivity index (χ0) is 19.3.